The number of hydrogen-bond donors (Lipinski definition) is 2. The largest absolute Gasteiger partial charge is 0.389 e. The van der Waals surface area contributed by atoms with E-state index in [1.54, 1.807) is 28.8 Å². The van der Waals surface area contributed by atoms with Crippen molar-refractivity contribution in [3.05, 3.63) is 24.3 Å². The van der Waals surface area contributed by atoms with E-state index in [0.717, 1.165) is 5.39 Å². The number of nitrogens with one attached hydrogen (secondary N) is 1. The van der Waals surface area contributed by atoms with E-state index < -0.39 is 30.9 Å². The van der Waals surface area contributed by atoms with Crippen molar-refractivity contribution in [2.24, 2.45) is 0 Å². The lowest BCUT2D eigenvalue weighted by atomic mass is 10.2. The topological polar surface area (TPSA) is 70.0 Å². The van der Waals surface area contributed by atoms with Gasteiger partial charge in [0.05, 0.1) is 17.8 Å². The van der Waals surface area contributed by atoms with Gasteiger partial charge in [0.2, 0.25) is 0 Å². The summed E-state index contributed by atoms with van der Waals surface area (Å²) in [6.45, 7) is 2.05. The molecule has 1 saturated heterocycles. The molecule has 6 nitrogen and oxygen atoms in total. The molecule has 0 aliphatic carbocycles. The van der Waals surface area contributed by atoms with E-state index in [4.69, 9.17) is 0 Å². The van der Waals surface area contributed by atoms with E-state index in [0.29, 0.717) is 22.5 Å². The minimum atomic E-state index is -4.21. The van der Waals surface area contributed by atoms with E-state index in [1.165, 1.54) is 0 Å². The molecule has 2 N–H and O–H groups in total. The Hall–Kier alpha value is -2.20. The number of halogens is 4. The molecule has 0 saturated carbocycles. The van der Waals surface area contributed by atoms with Gasteiger partial charge in [-0.2, -0.15) is 13.2 Å². The average molecular weight is 399 g/mol. The molecule has 1 aliphatic rings. The highest BCUT2D eigenvalue weighted by molar-refractivity contribution is 6.01. The van der Waals surface area contributed by atoms with Gasteiger partial charge in [0, 0.05) is 31.1 Å². The van der Waals surface area contributed by atoms with Crippen molar-refractivity contribution in [3.8, 4) is 0 Å². The molecule has 3 aromatic rings. The number of rotatable bonds is 5. The van der Waals surface area contributed by atoms with Gasteiger partial charge in [-0.15, -0.1) is 0 Å². The third-order valence-electron chi connectivity index (χ3n) is 5.20. The molecule has 4 rings (SSSR count). The van der Waals surface area contributed by atoms with Crippen molar-refractivity contribution in [3.63, 3.8) is 0 Å². The highest BCUT2D eigenvalue weighted by Gasteiger charge is 2.37. The van der Waals surface area contributed by atoms with Gasteiger partial charge < -0.3 is 14.7 Å². The van der Waals surface area contributed by atoms with Crippen LogP contribution in [0.25, 0.3) is 22.1 Å². The van der Waals surface area contributed by atoms with Gasteiger partial charge >= 0.3 is 6.18 Å². The number of likely N-dealkylation sites (tertiary alicyclic amines) is 1. The number of fused-ring (bicyclic) bond motifs is 3. The zero-order valence-corrected chi connectivity index (χ0v) is 15.2. The molecule has 0 amide bonds. The fourth-order valence-electron chi connectivity index (χ4n) is 3.99. The number of H-pyrrole nitrogens is 1. The molecule has 3 atom stereocenters. The zero-order chi connectivity index (χ0) is 20.1. The van der Waals surface area contributed by atoms with Gasteiger partial charge in [-0.05, 0) is 26.0 Å². The smallest absolute Gasteiger partial charge is 0.385 e. The molecule has 10 heteroatoms. The Kier molecular flexibility index (Phi) is 4.78. The second kappa shape index (κ2) is 7.00. The van der Waals surface area contributed by atoms with Crippen molar-refractivity contribution < 1.29 is 22.7 Å². The highest BCUT2D eigenvalue weighted by atomic mass is 19.4. The van der Waals surface area contributed by atoms with Crippen LogP contribution in [0.2, 0.25) is 0 Å². The molecule has 0 aromatic carbocycles. The molecule has 1 aliphatic heterocycles. The summed E-state index contributed by atoms with van der Waals surface area (Å²) in [4.78, 5) is 13.4. The molecule has 28 heavy (non-hydrogen) atoms. The Balaban J connectivity index is 1.68. The monoisotopic (exact) mass is 399 g/mol. The summed E-state index contributed by atoms with van der Waals surface area (Å²) in [5.41, 5.74) is 1.85. The Bertz CT molecular complexity index is 980. The number of alkyl halides is 4. The SMILES string of the molecule is CC(O)c1nc2cnc3[nH]ccc3c2n1[C@@H]1CN(CCCC(F)(F)F)C[C@H]1F. The summed E-state index contributed by atoms with van der Waals surface area (Å²) in [6, 6.07) is 1.18. The Morgan fingerprint density at radius 1 is 1.36 bits per heavy atom. The van der Waals surface area contributed by atoms with Crippen LogP contribution >= 0.6 is 0 Å². The lowest BCUT2D eigenvalue weighted by Crippen LogP contribution is -2.24. The number of aromatic nitrogens is 4. The van der Waals surface area contributed by atoms with Gasteiger partial charge in [-0.1, -0.05) is 0 Å². The predicted octanol–water partition coefficient (Wildman–Crippen LogP) is 3.50. The van der Waals surface area contributed by atoms with Crippen molar-refractivity contribution in [1.82, 2.24) is 24.4 Å². The third-order valence-corrected chi connectivity index (χ3v) is 5.20. The molecule has 1 unspecified atom stereocenters. The highest BCUT2D eigenvalue weighted by Crippen LogP contribution is 2.35. The van der Waals surface area contributed by atoms with Crippen LogP contribution in [0.1, 0.15) is 37.7 Å². The van der Waals surface area contributed by atoms with Crippen LogP contribution in [0.5, 0.6) is 0 Å². The summed E-state index contributed by atoms with van der Waals surface area (Å²) >= 11 is 0. The van der Waals surface area contributed by atoms with Gasteiger partial charge in [0.25, 0.3) is 0 Å². The molecule has 0 bridgehead atoms. The van der Waals surface area contributed by atoms with Crippen LogP contribution in [0.3, 0.4) is 0 Å². The van der Waals surface area contributed by atoms with E-state index >= 15 is 0 Å². The molecule has 1 fully saturated rings. The van der Waals surface area contributed by atoms with E-state index in [2.05, 4.69) is 15.0 Å². The first-order valence-corrected chi connectivity index (χ1v) is 9.20. The minimum Gasteiger partial charge on any atom is -0.385 e. The van der Waals surface area contributed by atoms with Crippen LogP contribution in [0.15, 0.2) is 18.5 Å². The van der Waals surface area contributed by atoms with Gasteiger partial charge in [0.15, 0.2) is 0 Å². The van der Waals surface area contributed by atoms with Crippen molar-refractivity contribution in [2.45, 2.75) is 44.3 Å². The number of aliphatic hydroxyl groups excluding tert-OH is 1. The molecular weight excluding hydrogens is 378 g/mol. The van der Waals surface area contributed by atoms with Crippen molar-refractivity contribution in [1.29, 1.82) is 0 Å². The Morgan fingerprint density at radius 3 is 2.86 bits per heavy atom. The van der Waals surface area contributed by atoms with Crippen molar-refractivity contribution in [2.75, 3.05) is 19.6 Å². The molecule has 0 radical (unpaired) electrons. The van der Waals surface area contributed by atoms with Crippen LogP contribution < -0.4 is 0 Å². The third kappa shape index (κ3) is 3.46. The van der Waals surface area contributed by atoms with Gasteiger partial charge in [-0.25, -0.2) is 14.4 Å². The normalized spacial score (nSPS) is 22.5. The van der Waals surface area contributed by atoms with E-state index in [9.17, 15) is 22.7 Å². The summed E-state index contributed by atoms with van der Waals surface area (Å²) in [7, 11) is 0. The number of hydrogen-bond acceptors (Lipinski definition) is 4. The number of pyridine rings is 1. The zero-order valence-electron chi connectivity index (χ0n) is 15.2. The number of aromatic amines is 1. The maximum atomic E-state index is 14.9. The van der Waals surface area contributed by atoms with Crippen LogP contribution in [-0.4, -0.2) is 61.5 Å². The summed E-state index contributed by atoms with van der Waals surface area (Å²) in [6.07, 6.45) is -4.06. The fourth-order valence-corrected chi connectivity index (χ4v) is 3.99. The summed E-state index contributed by atoms with van der Waals surface area (Å²) in [5.74, 6) is 0.329. The molecular formula is C18H21F4N5O. The second-order valence-corrected chi connectivity index (χ2v) is 7.31. The molecule has 152 valence electrons. The maximum Gasteiger partial charge on any atom is 0.389 e. The minimum absolute atomic E-state index is 0.0583. The first-order valence-electron chi connectivity index (χ1n) is 9.20. The molecule has 3 aromatic heterocycles. The molecule has 0 spiro atoms. The number of aliphatic hydroxyl groups is 1. The quantitative estimate of drug-likeness (QED) is 0.645. The lowest BCUT2D eigenvalue weighted by molar-refractivity contribution is -0.136. The number of nitrogens with zero attached hydrogens (tertiary/aromatic N) is 4. The fraction of sp³-hybridized carbons (Fsp3) is 0.556. The molecule has 4 heterocycles. The lowest BCUT2D eigenvalue weighted by Gasteiger charge is -2.20. The average Bonchev–Trinajstić information content (AvgIpc) is 3.28. The summed E-state index contributed by atoms with van der Waals surface area (Å²) < 4.78 is 53.8. The Morgan fingerprint density at radius 2 is 2.14 bits per heavy atom. The van der Waals surface area contributed by atoms with E-state index in [1.807, 2.05) is 6.07 Å². The maximum absolute atomic E-state index is 14.9. The summed E-state index contributed by atoms with van der Waals surface area (Å²) in [5, 5.41) is 11.0. The Labute approximate surface area is 158 Å². The van der Waals surface area contributed by atoms with Gasteiger partial charge in [-0.3, -0.25) is 4.90 Å². The van der Waals surface area contributed by atoms with Gasteiger partial charge in [0.1, 0.15) is 29.3 Å². The standard InChI is InChI=1S/C18H21F4N5O/c1-10(28)17-25-13-7-24-16-11(3-5-23-16)15(13)27(17)14-9-26(8-12(14)19)6-2-4-18(20,21)22/h3,5,7,10,12,14,28H,2,4,6,8-9H2,1H3,(H,23,24)/t10?,12-,14-/m1/s1. The second-order valence-electron chi connectivity index (χ2n) is 7.31. The predicted molar refractivity (Wildman–Crippen MR) is 95.7 cm³/mol. The van der Waals surface area contributed by atoms with Crippen LogP contribution in [0, 0.1) is 0 Å². The van der Waals surface area contributed by atoms with Crippen LogP contribution in [-0.2, 0) is 0 Å². The van der Waals surface area contributed by atoms with E-state index in [-0.39, 0.29) is 26.1 Å². The number of imidazole rings is 1. The first kappa shape index (κ1) is 19.1. The van der Waals surface area contributed by atoms with Crippen LogP contribution in [0.4, 0.5) is 17.6 Å². The first-order chi connectivity index (χ1) is 13.2. The van der Waals surface area contributed by atoms with Crippen molar-refractivity contribution >= 4 is 22.1 Å².